The molecule has 0 saturated carbocycles. The highest BCUT2D eigenvalue weighted by Gasteiger charge is 2.22. The van der Waals surface area contributed by atoms with E-state index in [0.29, 0.717) is 18.5 Å². The zero-order valence-electron chi connectivity index (χ0n) is 8.99. The Morgan fingerprint density at radius 3 is 3.00 bits per heavy atom. The number of methoxy groups -OCH3 is 1. The number of nitrogens with zero attached hydrogens (tertiary/aromatic N) is 2. The molecular weight excluding hydrogens is 178 g/mol. The highest BCUT2D eigenvalue weighted by molar-refractivity contribution is 4.89. The van der Waals surface area contributed by atoms with E-state index < -0.39 is 0 Å². The summed E-state index contributed by atoms with van der Waals surface area (Å²) in [5.41, 5.74) is 0. The molecule has 0 aromatic carbocycles. The molecule has 1 fully saturated rings. The molecule has 4 nitrogen and oxygen atoms in total. The number of ether oxygens (including phenoxy) is 1. The van der Waals surface area contributed by atoms with Gasteiger partial charge in [-0.15, -0.1) is 0 Å². The predicted octanol–water partition coefficient (Wildman–Crippen LogP) is 0.209. The first kappa shape index (κ1) is 11.4. The summed E-state index contributed by atoms with van der Waals surface area (Å²) in [6.45, 7) is 5.90. The van der Waals surface area contributed by atoms with Gasteiger partial charge >= 0.3 is 0 Å². The molecule has 0 aliphatic carbocycles. The van der Waals surface area contributed by atoms with Gasteiger partial charge in [0.05, 0.1) is 19.1 Å². The fourth-order valence-electron chi connectivity index (χ4n) is 1.92. The van der Waals surface area contributed by atoms with Crippen LogP contribution in [0.3, 0.4) is 0 Å². The van der Waals surface area contributed by atoms with Crippen LogP contribution in [0.1, 0.15) is 13.3 Å². The molecule has 1 heterocycles. The summed E-state index contributed by atoms with van der Waals surface area (Å²) in [5.74, 6) is 0. The van der Waals surface area contributed by atoms with Gasteiger partial charge in [-0.1, -0.05) is 0 Å². The van der Waals surface area contributed by atoms with Crippen molar-refractivity contribution in [2.45, 2.75) is 25.4 Å². The Balaban J connectivity index is 2.34. The van der Waals surface area contributed by atoms with E-state index in [1.165, 1.54) is 0 Å². The second kappa shape index (κ2) is 5.97. The summed E-state index contributed by atoms with van der Waals surface area (Å²) in [6, 6.07) is 3.01. The third-order valence-corrected chi connectivity index (χ3v) is 2.48. The largest absolute Gasteiger partial charge is 0.383 e. The summed E-state index contributed by atoms with van der Waals surface area (Å²) < 4.78 is 5.05. The van der Waals surface area contributed by atoms with Crippen LogP contribution in [-0.2, 0) is 4.74 Å². The quantitative estimate of drug-likeness (QED) is 0.700. The van der Waals surface area contributed by atoms with Gasteiger partial charge in [-0.25, -0.2) is 0 Å². The Bertz CT molecular complexity index is 202. The van der Waals surface area contributed by atoms with Crippen molar-refractivity contribution in [3.63, 3.8) is 0 Å². The Kier molecular flexibility index (Phi) is 4.88. The summed E-state index contributed by atoms with van der Waals surface area (Å²) in [6.07, 6.45) is 0.591. The maximum absolute atomic E-state index is 8.63. The van der Waals surface area contributed by atoms with Crippen LogP contribution in [-0.4, -0.2) is 50.3 Å². The standard InChI is InChI=1S/C10H19N3O/c1-9-7-13(5-6-14-2)8-10(12-9)3-4-11/h9-10,12H,3,5-8H2,1-2H3. The molecule has 1 aliphatic rings. The Hall–Kier alpha value is -0.630. The van der Waals surface area contributed by atoms with Gasteiger partial charge in [0.15, 0.2) is 0 Å². The van der Waals surface area contributed by atoms with E-state index in [1.807, 2.05) is 0 Å². The van der Waals surface area contributed by atoms with Gasteiger partial charge in [-0.3, -0.25) is 4.90 Å². The molecule has 0 radical (unpaired) electrons. The van der Waals surface area contributed by atoms with E-state index in [-0.39, 0.29) is 0 Å². The first-order chi connectivity index (χ1) is 6.76. The third-order valence-electron chi connectivity index (χ3n) is 2.48. The van der Waals surface area contributed by atoms with Crippen molar-refractivity contribution in [3.05, 3.63) is 0 Å². The maximum Gasteiger partial charge on any atom is 0.0638 e. The predicted molar refractivity (Wildman–Crippen MR) is 54.9 cm³/mol. The number of rotatable bonds is 4. The van der Waals surface area contributed by atoms with Gasteiger partial charge in [-0.2, -0.15) is 5.26 Å². The van der Waals surface area contributed by atoms with E-state index in [4.69, 9.17) is 10.00 Å². The molecule has 2 unspecified atom stereocenters. The van der Waals surface area contributed by atoms with Gasteiger partial charge in [0.25, 0.3) is 0 Å². The SMILES string of the molecule is COCCN1CC(C)NC(CC#N)C1. The lowest BCUT2D eigenvalue weighted by atomic mass is 10.1. The summed E-state index contributed by atoms with van der Waals surface area (Å²) in [4.78, 5) is 2.35. The zero-order valence-corrected chi connectivity index (χ0v) is 8.99. The second-order valence-electron chi connectivity index (χ2n) is 3.88. The van der Waals surface area contributed by atoms with Crippen molar-refractivity contribution >= 4 is 0 Å². The molecule has 0 spiro atoms. The van der Waals surface area contributed by atoms with Crippen LogP contribution in [0.25, 0.3) is 0 Å². The lowest BCUT2D eigenvalue weighted by Gasteiger charge is -2.36. The summed E-state index contributed by atoms with van der Waals surface area (Å²) >= 11 is 0. The lowest BCUT2D eigenvalue weighted by molar-refractivity contribution is 0.112. The minimum absolute atomic E-state index is 0.320. The highest BCUT2D eigenvalue weighted by Crippen LogP contribution is 2.06. The molecule has 80 valence electrons. The van der Waals surface area contributed by atoms with E-state index in [0.717, 1.165) is 26.2 Å². The minimum atomic E-state index is 0.320. The van der Waals surface area contributed by atoms with Crippen molar-refractivity contribution in [2.24, 2.45) is 0 Å². The van der Waals surface area contributed by atoms with Gasteiger partial charge < -0.3 is 10.1 Å². The average Bonchev–Trinajstić information content (AvgIpc) is 2.14. The number of nitriles is 1. The van der Waals surface area contributed by atoms with Gasteiger partial charge in [-0.05, 0) is 6.92 Å². The topological polar surface area (TPSA) is 48.3 Å². The molecule has 14 heavy (non-hydrogen) atoms. The van der Waals surface area contributed by atoms with Crippen LogP contribution in [0.4, 0.5) is 0 Å². The van der Waals surface area contributed by atoms with E-state index in [9.17, 15) is 0 Å². The number of hydrogen-bond acceptors (Lipinski definition) is 4. The second-order valence-corrected chi connectivity index (χ2v) is 3.88. The number of nitrogens with one attached hydrogen (secondary N) is 1. The lowest BCUT2D eigenvalue weighted by Crippen LogP contribution is -2.55. The average molecular weight is 197 g/mol. The third kappa shape index (κ3) is 3.62. The molecule has 0 bridgehead atoms. The van der Waals surface area contributed by atoms with Crippen LogP contribution in [0.15, 0.2) is 0 Å². The number of piperazine rings is 1. The molecule has 0 aromatic rings. The molecule has 1 aliphatic heterocycles. The highest BCUT2D eigenvalue weighted by atomic mass is 16.5. The summed E-state index contributed by atoms with van der Waals surface area (Å²) in [7, 11) is 1.72. The maximum atomic E-state index is 8.63. The first-order valence-corrected chi connectivity index (χ1v) is 5.10. The first-order valence-electron chi connectivity index (χ1n) is 5.10. The molecule has 4 heteroatoms. The summed E-state index contributed by atoms with van der Waals surface area (Å²) in [5, 5.41) is 12.1. The van der Waals surface area contributed by atoms with Crippen LogP contribution in [0, 0.1) is 11.3 Å². The fraction of sp³-hybridized carbons (Fsp3) is 0.900. The Morgan fingerprint density at radius 1 is 1.57 bits per heavy atom. The smallest absolute Gasteiger partial charge is 0.0638 e. The van der Waals surface area contributed by atoms with Gasteiger partial charge in [0, 0.05) is 38.8 Å². The fourth-order valence-corrected chi connectivity index (χ4v) is 1.92. The van der Waals surface area contributed by atoms with Gasteiger partial charge in [0.2, 0.25) is 0 Å². The monoisotopic (exact) mass is 197 g/mol. The molecule has 0 amide bonds. The van der Waals surface area contributed by atoms with Crippen molar-refractivity contribution in [1.82, 2.24) is 10.2 Å². The van der Waals surface area contributed by atoms with E-state index >= 15 is 0 Å². The molecule has 1 N–H and O–H groups in total. The van der Waals surface area contributed by atoms with E-state index in [1.54, 1.807) is 7.11 Å². The normalized spacial score (nSPS) is 28.6. The molecule has 1 saturated heterocycles. The molecule has 1 rings (SSSR count). The Labute approximate surface area is 85.8 Å². The van der Waals surface area contributed by atoms with Crippen molar-refractivity contribution in [1.29, 1.82) is 5.26 Å². The van der Waals surface area contributed by atoms with Crippen LogP contribution in [0.2, 0.25) is 0 Å². The van der Waals surface area contributed by atoms with Crippen molar-refractivity contribution in [2.75, 3.05) is 33.4 Å². The van der Waals surface area contributed by atoms with Crippen molar-refractivity contribution in [3.8, 4) is 6.07 Å². The minimum Gasteiger partial charge on any atom is -0.383 e. The molecule has 2 atom stereocenters. The number of hydrogen-bond donors (Lipinski definition) is 1. The van der Waals surface area contributed by atoms with Crippen LogP contribution in [0.5, 0.6) is 0 Å². The molecular formula is C10H19N3O. The molecule has 0 aromatic heterocycles. The zero-order chi connectivity index (χ0) is 10.4. The van der Waals surface area contributed by atoms with E-state index in [2.05, 4.69) is 23.2 Å². The van der Waals surface area contributed by atoms with Crippen LogP contribution < -0.4 is 5.32 Å². The Morgan fingerprint density at radius 2 is 2.36 bits per heavy atom. The van der Waals surface area contributed by atoms with Crippen molar-refractivity contribution < 1.29 is 4.74 Å². The van der Waals surface area contributed by atoms with Crippen LogP contribution >= 0.6 is 0 Å². The van der Waals surface area contributed by atoms with Gasteiger partial charge in [0.1, 0.15) is 0 Å².